The zero-order valence-corrected chi connectivity index (χ0v) is 12.9. The summed E-state index contributed by atoms with van der Waals surface area (Å²) in [6, 6.07) is 3.57. The van der Waals surface area contributed by atoms with Gasteiger partial charge >= 0.3 is 0 Å². The molecule has 1 heterocycles. The van der Waals surface area contributed by atoms with E-state index >= 15 is 0 Å². The molecule has 0 saturated carbocycles. The summed E-state index contributed by atoms with van der Waals surface area (Å²) in [4.78, 5) is 2.30. The molecule has 1 atom stereocenters. The number of rotatable bonds is 3. The quantitative estimate of drug-likeness (QED) is 0.851. The number of halogens is 1. The lowest BCUT2D eigenvalue weighted by Crippen LogP contribution is -2.30. The maximum absolute atomic E-state index is 14.4. The molecule has 1 fully saturated rings. The lowest BCUT2D eigenvalue weighted by atomic mass is 9.70. The van der Waals surface area contributed by atoms with E-state index in [1.54, 1.807) is 13.2 Å². The van der Waals surface area contributed by atoms with Gasteiger partial charge in [-0.3, -0.25) is 0 Å². The van der Waals surface area contributed by atoms with E-state index < -0.39 is 0 Å². The van der Waals surface area contributed by atoms with Gasteiger partial charge in [-0.15, -0.1) is 0 Å². The number of ether oxygens (including phenoxy) is 2. The molecule has 1 saturated heterocycles. The van der Waals surface area contributed by atoms with Gasteiger partial charge in [0.05, 0.1) is 14.2 Å². The van der Waals surface area contributed by atoms with E-state index in [9.17, 15) is 4.39 Å². The van der Waals surface area contributed by atoms with Crippen molar-refractivity contribution >= 4 is 0 Å². The van der Waals surface area contributed by atoms with Gasteiger partial charge in [-0.25, -0.2) is 4.39 Å². The lowest BCUT2D eigenvalue weighted by Gasteiger charge is -2.36. The number of allylic oxidation sites excluding steroid dienone is 2. The third-order valence-corrected chi connectivity index (χ3v) is 4.91. The van der Waals surface area contributed by atoms with Crippen molar-refractivity contribution in [3.05, 3.63) is 35.3 Å². The minimum Gasteiger partial charge on any atom is -0.493 e. The Balaban J connectivity index is 2.13. The number of likely N-dealkylation sites (tertiary alicyclic amines) is 1. The Bertz CT molecular complexity index is 584. The molecule has 4 heteroatoms. The zero-order valence-electron chi connectivity index (χ0n) is 12.9. The van der Waals surface area contributed by atoms with Gasteiger partial charge in [-0.05, 0) is 43.4 Å². The molecule has 1 aromatic carbocycles. The van der Waals surface area contributed by atoms with Crippen LogP contribution in [0.2, 0.25) is 0 Å². The maximum atomic E-state index is 14.4. The molecule has 1 aliphatic carbocycles. The number of benzene rings is 1. The molecule has 21 heavy (non-hydrogen) atoms. The van der Waals surface area contributed by atoms with E-state index in [1.165, 1.54) is 12.8 Å². The fourth-order valence-corrected chi connectivity index (χ4v) is 3.85. The van der Waals surface area contributed by atoms with Gasteiger partial charge in [-0.2, -0.15) is 0 Å². The standard InChI is InChI=1S/C17H22FNO2/c1-19-9-8-17(7-5-4-6-15(17)19)12-10-13(18)16(21-3)14(11-12)20-2/h6,10-11H,4-5,7-9H2,1-3H3/t17-/m0/s1. The third-order valence-electron chi connectivity index (χ3n) is 4.91. The summed E-state index contributed by atoms with van der Waals surface area (Å²) >= 11 is 0. The van der Waals surface area contributed by atoms with Crippen molar-refractivity contribution in [2.24, 2.45) is 0 Å². The number of likely N-dealkylation sites (N-methyl/N-ethyl adjacent to an activating group) is 1. The molecule has 114 valence electrons. The highest BCUT2D eigenvalue weighted by atomic mass is 19.1. The van der Waals surface area contributed by atoms with Crippen LogP contribution in [0.5, 0.6) is 11.5 Å². The first-order valence-corrected chi connectivity index (χ1v) is 7.46. The molecular weight excluding hydrogens is 269 g/mol. The first kappa shape index (κ1) is 14.2. The van der Waals surface area contributed by atoms with Gasteiger partial charge in [0.25, 0.3) is 0 Å². The monoisotopic (exact) mass is 291 g/mol. The largest absolute Gasteiger partial charge is 0.493 e. The zero-order chi connectivity index (χ0) is 15.0. The predicted molar refractivity (Wildman–Crippen MR) is 80.4 cm³/mol. The molecule has 0 spiro atoms. The fraction of sp³-hybridized carbons (Fsp3) is 0.529. The molecule has 0 unspecified atom stereocenters. The molecule has 0 bridgehead atoms. The van der Waals surface area contributed by atoms with Crippen LogP contribution in [0, 0.1) is 5.82 Å². The van der Waals surface area contributed by atoms with Crippen molar-refractivity contribution in [2.75, 3.05) is 27.8 Å². The van der Waals surface area contributed by atoms with Crippen LogP contribution in [0.1, 0.15) is 31.2 Å². The second-order valence-electron chi connectivity index (χ2n) is 5.93. The van der Waals surface area contributed by atoms with Crippen molar-refractivity contribution < 1.29 is 13.9 Å². The van der Waals surface area contributed by atoms with E-state index in [0.29, 0.717) is 5.75 Å². The van der Waals surface area contributed by atoms with Crippen LogP contribution in [-0.4, -0.2) is 32.7 Å². The van der Waals surface area contributed by atoms with Crippen LogP contribution < -0.4 is 9.47 Å². The van der Waals surface area contributed by atoms with Gasteiger partial charge in [0, 0.05) is 24.7 Å². The normalized spacial score (nSPS) is 24.6. The molecule has 0 aromatic heterocycles. The summed E-state index contributed by atoms with van der Waals surface area (Å²) in [7, 11) is 5.14. The molecule has 3 rings (SSSR count). The summed E-state index contributed by atoms with van der Waals surface area (Å²) < 4.78 is 24.8. The van der Waals surface area contributed by atoms with E-state index in [-0.39, 0.29) is 17.0 Å². The highest BCUT2D eigenvalue weighted by Crippen LogP contribution is 2.50. The second-order valence-corrected chi connectivity index (χ2v) is 5.93. The Hall–Kier alpha value is -1.71. The van der Waals surface area contributed by atoms with Crippen LogP contribution in [0.15, 0.2) is 23.9 Å². The van der Waals surface area contributed by atoms with Crippen LogP contribution in [0.4, 0.5) is 4.39 Å². The average molecular weight is 291 g/mol. The highest BCUT2D eigenvalue weighted by Gasteiger charge is 2.44. The SMILES string of the molecule is COc1cc([C@@]23CCCC=C2N(C)CC3)cc(F)c1OC. The van der Waals surface area contributed by atoms with Crippen molar-refractivity contribution in [2.45, 2.75) is 31.1 Å². The van der Waals surface area contributed by atoms with Gasteiger partial charge in [0.2, 0.25) is 0 Å². The first-order valence-electron chi connectivity index (χ1n) is 7.46. The van der Waals surface area contributed by atoms with E-state index in [1.807, 2.05) is 6.07 Å². The van der Waals surface area contributed by atoms with Crippen molar-refractivity contribution in [1.29, 1.82) is 0 Å². The number of hydrogen-bond acceptors (Lipinski definition) is 3. The van der Waals surface area contributed by atoms with Gasteiger partial charge in [0.1, 0.15) is 0 Å². The smallest absolute Gasteiger partial charge is 0.196 e. The Kier molecular flexibility index (Phi) is 3.56. The molecule has 0 N–H and O–H groups in total. The minimum absolute atomic E-state index is 0.0621. The van der Waals surface area contributed by atoms with Gasteiger partial charge < -0.3 is 14.4 Å². The minimum atomic E-state index is -0.347. The van der Waals surface area contributed by atoms with Crippen molar-refractivity contribution in [3.63, 3.8) is 0 Å². The molecule has 2 aliphatic rings. The number of fused-ring (bicyclic) bond motifs is 1. The van der Waals surface area contributed by atoms with Crippen molar-refractivity contribution in [1.82, 2.24) is 4.90 Å². The number of methoxy groups -OCH3 is 2. The van der Waals surface area contributed by atoms with Gasteiger partial charge in [0.15, 0.2) is 17.3 Å². The van der Waals surface area contributed by atoms with Crippen molar-refractivity contribution in [3.8, 4) is 11.5 Å². The van der Waals surface area contributed by atoms with Gasteiger partial charge in [-0.1, -0.05) is 6.08 Å². The summed E-state index contributed by atoms with van der Waals surface area (Å²) in [6.45, 7) is 1.02. The third kappa shape index (κ3) is 2.08. The fourth-order valence-electron chi connectivity index (χ4n) is 3.85. The Morgan fingerprint density at radius 1 is 1.19 bits per heavy atom. The van der Waals surface area contributed by atoms with Crippen LogP contribution in [0.25, 0.3) is 0 Å². The molecule has 3 nitrogen and oxygen atoms in total. The number of nitrogens with zero attached hydrogens (tertiary/aromatic N) is 1. The van der Waals surface area contributed by atoms with Crippen LogP contribution in [-0.2, 0) is 5.41 Å². The topological polar surface area (TPSA) is 21.7 Å². The molecule has 0 radical (unpaired) electrons. The second kappa shape index (κ2) is 5.24. The molecule has 1 aliphatic heterocycles. The average Bonchev–Trinajstić information content (AvgIpc) is 2.85. The maximum Gasteiger partial charge on any atom is 0.196 e. The van der Waals surface area contributed by atoms with E-state index in [4.69, 9.17) is 9.47 Å². The van der Waals surface area contributed by atoms with E-state index in [0.717, 1.165) is 37.8 Å². The summed E-state index contributed by atoms with van der Waals surface area (Å²) in [5.74, 6) is 0.312. The Morgan fingerprint density at radius 3 is 2.71 bits per heavy atom. The molecular formula is C17H22FNO2. The summed E-state index contributed by atoms with van der Waals surface area (Å²) in [5.41, 5.74) is 2.28. The van der Waals surface area contributed by atoms with Crippen LogP contribution >= 0.6 is 0 Å². The van der Waals surface area contributed by atoms with Crippen LogP contribution in [0.3, 0.4) is 0 Å². The Morgan fingerprint density at radius 2 is 2.00 bits per heavy atom. The summed E-state index contributed by atoms with van der Waals surface area (Å²) in [6.07, 6.45) is 6.66. The number of hydrogen-bond donors (Lipinski definition) is 0. The molecule has 0 amide bonds. The highest BCUT2D eigenvalue weighted by molar-refractivity contribution is 5.50. The first-order chi connectivity index (χ1) is 10.1. The lowest BCUT2D eigenvalue weighted by molar-refractivity contribution is 0.333. The summed E-state index contributed by atoms with van der Waals surface area (Å²) in [5, 5.41) is 0. The van der Waals surface area contributed by atoms with E-state index in [2.05, 4.69) is 18.0 Å². The predicted octanol–water partition coefficient (Wildman–Crippen LogP) is 3.48. The Labute approximate surface area is 125 Å². The molecule has 1 aromatic rings.